The summed E-state index contributed by atoms with van der Waals surface area (Å²) in [5.74, 6) is 6.21. The van der Waals surface area contributed by atoms with Crippen LogP contribution >= 0.6 is 7.05 Å². The molecule has 0 aromatic heterocycles. The molecule has 3 rings (SSSR count). The van der Waals surface area contributed by atoms with Crippen molar-refractivity contribution >= 4 is 23.0 Å². The zero-order valence-electron chi connectivity index (χ0n) is 15.0. The van der Waals surface area contributed by atoms with E-state index in [1.807, 2.05) is 6.92 Å². The maximum Gasteiger partial charge on any atom is 0.0997 e. The molecule has 0 amide bonds. The molecule has 0 atom stereocenters. The maximum atomic E-state index is 5.23. The fourth-order valence-electron chi connectivity index (χ4n) is 2.96. The van der Waals surface area contributed by atoms with Gasteiger partial charge in [0.2, 0.25) is 0 Å². The number of nitrogens with zero attached hydrogens (tertiary/aromatic N) is 1. The van der Waals surface area contributed by atoms with E-state index in [0.717, 1.165) is 5.57 Å². The summed E-state index contributed by atoms with van der Waals surface area (Å²) in [6.07, 6.45) is 0. The summed E-state index contributed by atoms with van der Waals surface area (Å²) >= 11 is 0. The fraction of sp³-hybridized carbons (Fsp3) is 0.0833. The Balaban J connectivity index is 2.30. The summed E-state index contributed by atoms with van der Waals surface area (Å²) in [6.45, 7) is 6.26. The van der Waals surface area contributed by atoms with Crippen molar-refractivity contribution in [1.82, 2.24) is 0 Å². The van der Waals surface area contributed by atoms with E-state index in [9.17, 15) is 0 Å². The highest BCUT2D eigenvalue weighted by Gasteiger charge is 2.26. The van der Waals surface area contributed by atoms with E-state index in [0.29, 0.717) is 6.54 Å². The Bertz CT molecular complexity index is 874. The monoisotopic (exact) mass is 355 g/mol. The number of hydrogen-bond acceptors (Lipinski definition) is 1. The van der Waals surface area contributed by atoms with Gasteiger partial charge in [0.25, 0.3) is 0 Å². The average Bonchev–Trinajstić information content (AvgIpc) is 2.70. The summed E-state index contributed by atoms with van der Waals surface area (Å²) in [5.41, 5.74) is 0.864. The van der Waals surface area contributed by atoms with E-state index in [4.69, 9.17) is 4.74 Å². The second-order valence-corrected chi connectivity index (χ2v) is 9.13. The van der Waals surface area contributed by atoms with Crippen LogP contribution in [0.5, 0.6) is 0 Å². The average molecular weight is 355 g/mol. The van der Waals surface area contributed by atoms with Gasteiger partial charge < -0.3 is 0 Å². The van der Waals surface area contributed by atoms with Gasteiger partial charge in [-0.1, -0.05) is 109 Å². The topological polar surface area (TPSA) is 12.4 Å². The van der Waals surface area contributed by atoms with Crippen LogP contribution in [0, 0.1) is 11.8 Å². The van der Waals surface area contributed by atoms with E-state index >= 15 is 0 Å². The molecule has 2 heteroatoms. The van der Waals surface area contributed by atoms with Crippen LogP contribution in [0.4, 0.5) is 0 Å². The Morgan fingerprint density at radius 3 is 1.50 bits per heavy atom. The first kappa shape index (κ1) is 18.0. The zero-order chi connectivity index (χ0) is 18.2. The van der Waals surface area contributed by atoms with Gasteiger partial charge in [-0.3, -0.25) is 4.74 Å². The van der Waals surface area contributed by atoms with Crippen molar-refractivity contribution < 1.29 is 0 Å². The molecule has 0 unspecified atom stereocenters. The molecule has 0 radical (unpaired) electrons. The molecule has 26 heavy (non-hydrogen) atoms. The molecule has 128 valence electrons. The van der Waals surface area contributed by atoms with Crippen LogP contribution in [0.3, 0.4) is 0 Å². The van der Waals surface area contributed by atoms with E-state index in [1.165, 1.54) is 15.9 Å². The van der Waals surface area contributed by atoms with Gasteiger partial charge in [0.05, 0.1) is 13.6 Å². The van der Waals surface area contributed by atoms with Crippen molar-refractivity contribution in [3.8, 4) is 11.8 Å². The van der Waals surface area contributed by atoms with E-state index in [2.05, 4.69) is 109 Å². The Hall–Kier alpha value is -2.81. The predicted molar refractivity (Wildman–Crippen MR) is 115 cm³/mol. The van der Waals surface area contributed by atoms with Gasteiger partial charge in [-0.05, 0) is 12.5 Å². The molecule has 0 heterocycles. The van der Waals surface area contributed by atoms with E-state index < -0.39 is 7.05 Å². The Morgan fingerprint density at radius 2 is 1.15 bits per heavy atom. The van der Waals surface area contributed by atoms with Crippen molar-refractivity contribution in [2.24, 2.45) is 4.74 Å². The van der Waals surface area contributed by atoms with E-state index in [1.54, 1.807) is 0 Å². The van der Waals surface area contributed by atoms with Crippen LogP contribution in [-0.4, -0.2) is 6.54 Å². The lowest BCUT2D eigenvalue weighted by Gasteiger charge is -2.26. The standard InChI is InChI=1S/C24H22NP/c1-21(2)13-12-20-25-26(22-14-6-3-7-15-22,23-16-8-4-9-17-23)24-18-10-5-11-19-24/h3-11,14-19H,1,20H2,2H3. The van der Waals surface area contributed by atoms with Gasteiger partial charge in [0.1, 0.15) is 0 Å². The summed E-state index contributed by atoms with van der Waals surface area (Å²) in [4.78, 5) is 0. The summed E-state index contributed by atoms with van der Waals surface area (Å²) in [6, 6.07) is 31.8. The molecule has 0 saturated carbocycles. The third-order valence-electron chi connectivity index (χ3n) is 4.05. The number of benzene rings is 3. The Labute approximate surface area is 156 Å². The minimum atomic E-state index is -2.12. The number of allylic oxidation sites excluding steroid dienone is 1. The third-order valence-corrected chi connectivity index (χ3v) is 7.76. The molecule has 1 nitrogen and oxygen atoms in total. The van der Waals surface area contributed by atoms with Crippen LogP contribution in [-0.2, 0) is 0 Å². The number of rotatable bonds is 4. The van der Waals surface area contributed by atoms with Crippen LogP contribution in [0.2, 0.25) is 0 Å². The lowest BCUT2D eigenvalue weighted by atomic mass is 10.3. The fourth-order valence-corrected chi connectivity index (χ4v) is 6.43. The SMILES string of the molecule is C=C(C)C#CCN=P(c1ccccc1)(c1ccccc1)c1ccccc1. The molecule has 0 spiro atoms. The summed E-state index contributed by atoms with van der Waals surface area (Å²) in [5, 5.41) is 3.73. The van der Waals surface area contributed by atoms with Crippen molar-refractivity contribution in [2.45, 2.75) is 6.92 Å². The Morgan fingerprint density at radius 1 is 0.769 bits per heavy atom. The zero-order valence-corrected chi connectivity index (χ0v) is 15.9. The highest BCUT2D eigenvalue weighted by molar-refractivity contribution is 7.87. The van der Waals surface area contributed by atoms with Crippen LogP contribution in [0.15, 0.2) is 108 Å². The largest absolute Gasteiger partial charge is 0.277 e. The molecule has 3 aromatic carbocycles. The quantitative estimate of drug-likeness (QED) is 0.473. The van der Waals surface area contributed by atoms with Crippen LogP contribution < -0.4 is 15.9 Å². The van der Waals surface area contributed by atoms with Gasteiger partial charge in [-0.15, -0.1) is 0 Å². The molecular formula is C24H22NP. The maximum absolute atomic E-state index is 5.23. The normalized spacial score (nSPS) is 10.5. The lowest BCUT2D eigenvalue weighted by molar-refractivity contribution is 1.32. The van der Waals surface area contributed by atoms with Gasteiger partial charge >= 0.3 is 0 Å². The van der Waals surface area contributed by atoms with Gasteiger partial charge in [-0.2, -0.15) is 0 Å². The molecule has 0 N–H and O–H groups in total. The lowest BCUT2D eigenvalue weighted by Crippen LogP contribution is -2.25. The number of hydrogen-bond donors (Lipinski definition) is 0. The second kappa shape index (κ2) is 8.52. The minimum Gasteiger partial charge on any atom is -0.277 e. The van der Waals surface area contributed by atoms with Crippen molar-refractivity contribution in [3.05, 3.63) is 103 Å². The minimum absolute atomic E-state index is 0.485. The summed E-state index contributed by atoms with van der Waals surface area (Å²) < 4.78 is 5.23. The highest BCUT2D eigenvalue weighted by Crippen LogP contribution is 2.46. The molecule has 0 fully saturated rings. The van der Waals surface area contributed by atoms with E-state index in [-0.39, 0.29) is 0 Å². The first-order valence-electron chi connectivity index (χ1n) is 8.63. The van der Waals surface area contributed by atoms with Crippen molar-refractivity contribution in [1.29, 1.82) is 0 Å². The van der Waals surface area contributed by atoms with Crippen molar-refractivity contribution in [3.63, 3.8) is 0 Å². The first-order chi connectivity index (χ1) is 12.7. The molecule has 0 aliphatic carbocycles. The predicted octanol–water partition coefficient (Wildman–Crippen LogP) is 4.74. The Kier molecular flexibility index (Phi) is 5.90. The first-order valence-corrected chi connectivity index (χ1v) is 10.4. The molecule has 0 saturated heterocycles. The third kappa shape index (κ3) is 3.88. The second-order valence-electron chi connectivity index (χ2n) is 6.02. The van der Waals surface area contributed by atoms with Crippen LogP contribution in [0.25, 0.3) is 0 Å². The van der Waals surface area contributed by atoms with Gasteiger partial charge in [0, 0.05) is 15.9 Å². The van der Waals surface area contributed by atoms with Crippen molar-refractivity contribution in [2.75, 3.05) is 6.54 Å². The molecule has 0 aliphatic rings. The van der Waals surface area contributed by atoms with Crippen LogP contribution in [0.1, 0.15) is 6.92 Å². The van der Waals surface area contributed by atoms with Gasteiger partial charge in [0.15, 0.2) is 0 Å². The molecule has 0 bridgehead atoms. The highest BCUT2D eigenvalue weighted by atomic mass is 31.2. The smallest absolute Gasteiger partial charge is 0.0997 e. The van der Waals surface area contributed by atoms with Gasteiger partial charge in [-0.25, -0.2) is 0 Å². The summed E-state index contributed by atoms with van der Waals surface area (Å²) in [7, 11) is -2.12. The molecule has 0 aliphatic heterocycles. The molecule has 3 aromatic rings. The molecular weight excluding hydrogens is 333 g/mol.